The number of imide groups is 2. The second-order valence-corrected chi connectivity index (χ2v) is 9.45. The van der Waals surface area contributed by atoms with Crippen LogP contribution in [0.5, 0.6) is 5.75 Å². The lowest BCUT2D eigenvalue weighted by Crippen LogP contribution is -2.54. The van der Waals surface area contributed by atoms with Gasteiger partial charge in [0.25, 0.3) is 11.8 Å². The van der Waals surface area contributed by atoms with Crippen molar-refractivity contribution in [3.8, 4) is 5.75 Å². The number of carbonyl (C=O) groups excluding carboxylic acids is 3. The molecule has 0 aromatic heterocycles. The number of hydrogen-bond acceptors (Lipinski definition) is 6. The molecule has 178 valence electrons. The lowest BCUT2D eigenvalue weighted by atomic mass is 10.1. The number of nitrogens with one attached hydrogen (secondary N) is 1. The molecule has 0 saturated carbocycles. The van der Waals surface area contributed by atoms with Gasteiger partial charge in [-0.3, -0.25) is 14.9 Å². The van der Waals surface area contributed by atoms with Crippen molar-refractivity contribution in [1.82, 2.24) is 5.32 Å². The number of urea groups is 1. The first-order valence-electron chi connectivity index (χ1n) is 10.0. The first kappa shape index (κ1) is 24.1. The summed E-state index contributed by atoms with van der Waals surface area (Å²) in [5.41, 5.74) is 0.383. The topological polar surface area (TPSA) is 110 Å². The first-order chi connectivity index (χ1) is 16.5. The Balaban J connectivity index is 1.74. The number of benzene rings is 3. The number of hydrogen-bond donors (Lipinski definition) is 1. The van der Waals surface area contributed by atoms with E-state index in [0.29, 0.717) is 4.90 Å². The van der Waals surface area contributed by atoms with E-state index in [1.807, 2.05) is 5.32 Å². The molecule has 0 radical (unpaired) electrons. The number of halogens is 2. The standard InChI is InChI=1S/C24H16ClFN2O6S/c1-14-2-9-19(10-3-14)35(32,33)34-21-11-4-16(25)12-15(21)13-20-22(29)27-24(31)28(23(20)30)18-7-5-17(26)6-8-18/h2-13H,1H3,(H,27,29,31)/b20-13+. The molecular formula is C24H16ClFN2O6S. The molecular weight excluding hydrogens is 499 g/mol. The molecule has 1 N–H and O–H groups in total. The van der Waals surface area contributed by atoms with Crippen LogP contribution in [0.15, 0.2) is 77.2 Å². The van der Waals surface area contributed by atoms with Gasteiger partial charge in [0.1, 0.15) is 22.0 Å². The zero-order chi connectivity index (χ0) is 25.3. The van der Waals surface area contributed by atoms with Gasteiger partial charge in [-0.25, -0.2) is 14.1 Å². The highest BCUT2D eigenvalue weighted by molar-refractivity contribution is 7.87. The minimum atomic E-state index is -4.26. The number of barbiturate groups is 1. The minimum absolute atomic E-state index is 0.0000850. The Labute approximate surface area is 204 Å². The van der Waals surface area contributed by atoms with E-state index in [1.54, 1.807) is 19.1 Å². The van der Waals surface area contributed by atoms with Crippen LogP contribution in [-0.4, -0.2) is 26.3 Å². The fourth-order valence-electron chi connectivity index (χ4n) is 3.22. The van der Waals surface area contributed by atoms with Crippen molar-refractivity contribution in [2.75, 3.05) is 4.90 Å². The van der Waals surface area contributed by atoms with Crippen LogP contribution in [0.1, 0.15) is 11.1 Å². The number of rotatable bonds is 5. The maximum Gasteiger partial charge on any atom is 0.339 e. The van der Waals surface area contributed by atoms with Crippen LogP contribution in [0.4, 0.5) is 14.9 Å². The number of aryl methyl sites for hydroxylation is 1. The highest BCUT2D eigenvalue weighted by atomic mass is 35.5. The molecule has 3 aromatic rings. The Hall–Kier alpha value is -4.02. The normalized spacial score (nSPS) is 15.3. The van der Waals surface area contributed by atoms with E-state index in [4.69, 9.17) is 15.8 Å². The lowest BCUT2D eigenvalue weighted by molar-refractivity contribution is -0.122. The molecule has 1 fully saturated rings. The quantitative estimate of drug-likeness (QED) is 0.310. The summed E-state index contributed by atoms with van der Waals surface area (Å²) in [5.74, 6) is -2.79. The first-order valence-corrected chi connectivity index (χ1v) is 11.8. The van der Waals surface area contributed by atoms with E-state index >= 15 is 0 Å². The minimum Gasteiger partial charge on any atom is -0.378 e. The zero-order valence-electron chi connectivity index (χ0n) is 18.0. The van der Waals surface area contributed by atoms with E-state index in [0.717, 1.165) is 23.8 Å². The van der Waals surface area contributed by atoms with Gasteiger partial charge in [0.05, 0.1) is 5.69 Å². The SMILES string of the molecule is Cc1ccc(S(=O)(=O)Oc2ccc(Cl)cc2/C=C2\C(=O)NC(=O)N(c3ccc(F)cc3)C2=O)cc1. The second-order valence-electron chi connectivity index (χ2n) is 7.47. The van der Waals surface area contributed by atoms with E-state index in [9.17, 15) is 27.2 Å². The zero-order valence-corrected chi connectivity index (χ0v) is 19.6. The van der Waals surface area contributed by atoms with Crippen molar-refractivity contribution >= 4 is 51.3 Å². The van der Waals surface area contributed by atoms with E-state index < -0.39 is 39.4 Å². The van der Waals surface area contributed by atoms with Crippen LogP contribution >= 0.6 is 11.6 Å². The Bertz CT molecular complexity index is 1490. The molecule has 1 aliphatic heterocycles. The Morgan fingerprint density at radius 3 is 2.29 bits per heavy atom. The highest BCUT2D eigenvalue weighted by Gasteiger charge is 2.37. The van der Waals surface area contributed by atoms with Crippen LogP contribution in [0.25, 0.3) is 6.08 Å². The summed E-state index contributed by atoms with van der Waals surface area (Å²) in [6, 6.07) is 13.4. The van der Waals surface area contributed by atoms with Crippen LogP contribution in [0, 0.1) is 12.7 Å². The van der Waals surface area contributed by atoms with Crippen molar-refractivity contribution in [3.05, 3.63) is 94.3 Å². The fourth-order valence-corrected chi connectivity index (χ4v) is 4.35. The van der Waals surface area contributed by atoms with E-state index in [2.05, 4.69) is 0 Å². The molecule has 1 saturated heterocycles. The van der Waals surface area contributed by atoms with Crippen LogP contribution in [0.3, 0.4) is 0 Å². The van der Waals surface area contributed by atoms with Gasteiger partial charge in [-0.1, -0.05) is 29.3 Å². The maximum absolute atomic E-state index is 13.3. The summed E-state index contributed by atoms with van der Waals surface area (Å²) >= 11 is 6.06. The maximum atomic E-state index is 13.3. The van der Waals surface area contributed by atoms with Gasteiger partial charge >= 0.3 is 16.1 Å². The Morgan fingerprint density at radius 2 is 1.63 bits per heavy atom. The van der Waals surface area contributed by atoms with Gasteiger partial charge in [0.2, 0.25) is 0 Å². The predicted molar refractivity (Wildman–Crippen MR) is 126 cm³/mol. The molecule has 0 bridgehead atoms. The van der Waals surface area contributed by atoms with E-state index in [1.165, 1.54) is 42.5 Å². The van der Waals surface area contributed by atoms with Gasteiger partial charge in [-0.2, -0.15) is 8.42 Å². The van der Waals surface area contributed by atoms with Gasteiger partial charge in [0.15, 0.2) is 0 Å². The Kier molecular flexibility index (Phi) is 6.42. The van der Waals surface area contributed by atoms with Crippen molar-refractivity contribution in [2.24, 2.45) is 0 Å². The molecule has 4 rings (SSSR count). The fraction of sp³-hybridized carbons (Fsp3) is 0.0417. The molecule has 1 heterocycles. The highest BCUT2D eigenvalue weighted by Crippen LogP contribution is 2.30. The molecule has 0 unspecified atom stereocenters. The summed E-state index contributed by atoms with van der Waals surface area (Å²) in [5, 5.41) is 2.20. The summed E-state index contributed by atoms with van der Waals surface area (Å²) in [4.78, 5) is 38.4. The smallest absolute Gasteiger partial charge is 0.339 e. The van der Waals surface area contributed by atoms with Crippen molar-refractivity contribution in [1.29, 1.82) is 0 Å². The monoisotopic (exact) mass is 514 g/mol. The molecule has 1 aliphatic rings. The van der Waals surface area contributed by atoms with Gasteiger partial charge < -0.3 is 4.18 Å². The third-order valence-electron chi connectivity index (χ3n) is 4.97. The van der Waals surface area contributed by atoms with Crippen LogP contribution in [-0.2, 0) is 19.7 Å². The molecule has 4 amide bonds. The predicted octanol–water partition coefficient (Wildman–Crippen LogP) is 4.22. The Morgan fingerprint density at radius 1 is 0.971 bits per heavy atom. The van der Waals surface area contributed by atoms with Crippen molar-refractivity contribution in [2.45, 2.75) is 11.8 Å². The average Bonchev–Trinajstić information content (AvgIpc) is 2.79. The third-order valence-corrected chi connectivity index (χ3v) is 6.45. The second kappa shape index (κ2) is 9.32. The van der Waals surface area contributed by atoms with Gasteiger partial charge in [0, 0.05) is 10.6 Å². The lowest BCUT2D eigenvalue weighted by Gasteiger charge is -2.26. The van der Waals surface area contributed by atoms with E-state index in [-0.39, 0.29) is 26.9 Å². The van der Waals surface area contributed by atoms with Gasteiger partial charge in [-0.15, -0.1) is 0 Å². The van der Waals surface area contributed by atoms with Crippen LogP contribution < -0.4 is 14.4 Å². The number of carbonyl (C=O) groups is 3. The molecule has 0 spiro atoms. The number of amides is 4. The van der Waals surface area contributed by atoms with Gasteiger partial charge in [-0.05, 0) is 67.6 Å². The third kappa shape index (κ3) is 5.08. The molecule has 0 aliphatic carbocycles. The van der Waals surface area contributed by atoms with Crippen molar-refractivity contribution < 1.29 is 31.4 Å². The summed E-state index contributed by atoms with van der Waals surface area (Å²) in [7, 11) is -4.26. The summed E-state index contributed by atoms with van der Waals surface area (Å²) in [6.45, 7) is 1.80. The molecule has 8 nitrogen and oxygen atoms in total. The molecule has 35 heavy (non-hydrogen) atoms. The number of anilines is 1. The largest absolute Gasteiger partial charge is 0.378 e. The molecule has 0 atom stereocenters. The van der Waals surface area contributed by atoms with Crippen molar-refractivity contribution in [3.63, 3.8) is 0 Å². The molecule has 11 heteroatoms. The van der Waals surface area contributed by atoms with Crippen LogP contribution in [0.2, 0.25) is 5.02 Å². The number of nitrogens with zero attached hydrogens (tertiary/aromatic N) is 1. The summed E-state index contributed by atoms with van der Waals surface area (Å²) < 4.78 is 44.1. The summed E-state index contributed by atoms with van der Waals surface area (Å²) in [6.07, 6.45) is 1.06. The molecule has 3 aromatic carbocycles. The average molecular weight is 515 g/mol.